The number of halogens is 2. The summed E-state index contributed by atoms with van der Waals surface area (Å²) in [5, 5.41) is 7.40. The zero-order chi connectivity index (χ0) is 10.1. The monoisotopic (exact) mass is 256 g/mol. The van der Waals surface area contributed by atoms with Crippen LogP contribution in [0.5, 0.6) is 0 Å². The number of hydrogen-bond donors (Lipinski definition) is 1. The topological polar surface area (TPSA) is 56.7 Å². The SMILES string of the molecule is Nc1cn(-c2ccc(F)cc2Br)nn1. The number of nitrogens with two attached hydrogens (primary N) is 1. The van der Waals surface area contributed by atoms with Crippen molar-refractivity contribution in [2.75, 3.05) is 5.73 Å². The minimum atomic E-state index is -0.311. The Morgan fingerprint density at radius 1 is 1.43 bits per heavy atom. The number of rotatable bonds is 1. The quantitative estimate of drug-likeness (QED) is 0.846. The fourth-order valence-corrected chi connectivity index (χ4v) is 1.59. The molecule has 1 aromatic heterocycles. The van der Waals surface area contributed by atoms with E-state index in [4.69, 9.17) is 5.73 Å². The maximum Gasteiger partial charge on any atom is 0.166 e. The van der Waals surface area contributed by atoms with Crippen molar-refractivity contribution in [1.29, 1.82) is 0 Å². The second-order valence-electron chi connectivity index (χ2n) is 2.68. The van der Waals surface area contributed by atoms with E-state index in [1.165, 1.54) is 16.8 Å². The van der Waals surface area contributed by atoms with Gasteiger partial charge in [-0.2, -0.15) is 0 Å². The van der Waals surface area contributed by atoms with Crippen molar-refractivity contribution in [2.24, 2.45) is 0 Å². The van der Waals surface area contributed by atoms with Crippen LogP contribution in [0.15, 0.2) is 28.9 Å². The zero-order valence-corrected chi connectivity index (χ0v) is 8.57. The summed E-state index contributed by atoms with van der Waals surface area (Å²) in [6, 6.07) is 4.29. The van der Waals surface area contributed by atoms with Crippen molar-refractivity contribution in [2.45, 2.75) is 0 Å². The smallest absolute Gasteiger partial charge is 0.166 e. The lowest BCUT2D eigenvalue weighted by molar-refractivity contribution is 0.625. The Morgan fingerprint density at radius 3 is 2.79 bits per heavy atom. The molecule has 1 heterocycles. The average Bonchev–Trinajstić information content (AvgIpc) is 2.51. The van der Waals surface area contributed by atoms with Crippen LogP contribution in [0.4, 0.5) is 10.2 Å². The maximum atomic E-state index is 12.8. The molecule has 0 saturated carbocycles. The molecule has 0 aliphatic heterocycles. The highest BCUT2D eigenvalue weighted by molar-refractivity contribution is 9.10. The van der Waals surface area contributed by atoms with Gasteiger partial charge in [-0.3, -0.25) is 0 Å². The molecule has 0 bridgehead atoms. The Kier molecular flexibility index (Phi) is 2.20. The van der Waals surface area contributed by atoms with Gasteiger partial charge in [0.15, 0.2) is 5.82 Å². The Bertz CT molecular complexity index is 468. The second kappa shape index (κ2) is 3.38. The van der Waals surface area contributed by atoms with Crippen LogP contribution in [-0.2, 0) is 0 Å². The molecule has 6 heteroatoms. The van der Waals surface area contributed by atoms with E-state index in [0.29, 0.717) is 16.0 Å². The van der Waals surface area contributed by atoms with Crippen LogP contribution in [0, 0.1) is 5.82 Å². The van der Waals surface area contributed by atoms with Crippen molar-refractivity contribution in [3.8, 4) is 5.69 Å². The fourth-order valence-electron chi connectivity index (χ4n) is 1.06. The molecule has 0 aliphatic carbocycles. The van der Waals surface area contributed by atoms with Crippen LogP contribution in [-0.4, -0.2) is 15.0 Å². The van der Waals surface area contributed by atoms with E-state index in [1.807, 2.05) is 0 Å². The van der Waals surface area contributed by atoms with Gasteiger partial charge in [0.05, 0.1) is 11.9 Å². The molecule has 4 nitrogen and oxygen atoms in total. The van der Waals surface area contributed by atoms with E-state index in [-0.39, 0.29) is 5.82 Å². The third kappa shape index (κ3) is 1.60. The second-order valence-corrected chi connectivity index (χ2v) is 3.54. The molecule has 0 fully saturated rings. The standard InChI is InChI=1S/C8H6BrFN4/c9-6-3-5(10)1-2-7(6)14-4-8(11)12-13-14/h1-4H,11H2. The molecule has 72 valence electrons. The highest BCUT2D eigenvalue weighted by Crippen LogP contribution is 2.21. The molecule has 1 aromatic carbocycles. The summed E-state index contributed by atoms with van der Waals surface area (Å²) >= 11 is 3.22. The number of anilines is 1. The number of aromatic nitrogens is 3. The summed E-state index contributed by atoms with van der Waals surface area (Å²) in [6.45, 7) is 0. The van der Waals surface area contributed by atoms with Crippen LogP contribution in [0.3, 0.4) is 0 Å². The van der Waals surface area contributed by atoms with Crippen molar-refractivity contribution in [3.05, 3.63) is 34.7 Å². The number of nitrogen functional groups attached to an aromatic ring is 1. The summed E-state index contributed by atoms with van der Waals surface area (Å²) in [4.78, 5) is 0. The predicted molar refractivity (Wildman–Crippen MR) is 53.4 cm³/mol. The number of hydrogen-bond acceptors (Lipinski definition) is 3. The molecule has 0 atom stereocenters. The van der Waals surface area contributed by atoms with E-state index in [9.17, 15) is 4.39 Å². The Morgan fingerprint density at radius 2 is 2.21 bits per heavy atom. The van der Waals surface area contributed by atoms with Gasteiger partial charge in [0, 0.05) is 4.47 Å². The molecule has 0 amide bonds. The van der Waals surface area contributed by atoms with Crippen LogP contribution in [0.1, 0.15) is 0 Å². The normalized spacial score (nSPS) is 10.4. The number of benzene rings is 1. The van der Waals surface area contributed by atoms with E-state index < -0.39 is 0 Å². The highest BCUT2D eigenvalue weighted by Gasteiger charge is 2.05. The minimum Gasteiger partial charge on any atom is -0.381 e. The molecule has 0 saturated heterocycles. The fraction of sp³-hybridized carbons (Fsp3) is 0. The largest absolute Gasteiger partial charge is 0.381 e. The molecular formula is C8H6BrFN4. The lowest BCUT2D eigenvalue weighted by Gasteiger charge is -2.02. The average molecular weight is 257 g/mol. The molecule has 2 rings (SSSR count). The van der Waals surface area contributed by atoms with Crippen LogP contribution in [0.2, 0.25) is 0 Å². The Labute approximate surface area is 87.7 Å². The molecule has 14 heavy (non-hydrogen) atoms. The third-order valence-electron chi connectivity index (χ3n) is 1.67. The van der Waals surface area contributed by atoms with Crippen molar-refractivity contribution < 1.29 is 4.39 Å². The maximum absolute atomic E-state index is 12.8. The predicted octanol–water partition coefficient (Wildman–Crippen LogP) is 1.75. The Balaban J connectivity index is 2.52. The van der Waals surface area contributed by atoms with Gasteiger partial charge in [0.2, 0.25) is 0 Å². The van der Waals surface area contributed by atoms with Gasteiger partial charge in [0.1, 0.15) is 5.82 Å². The lowest BCUT2D eigenvalue weighted by Crippen LogP contribution is -1.96. The summed E-state index contributed by atoms with van der Waals surface area (Å²) in [7, 11) is 0. The van der Waals surface area contributed by atoms with Gasteiger partial charge in [0.25, 0.3) is 0 Å². The molecule has 0 radical (unpaired) electrons. The molecule has 2 aromatic rings. The molecule has 0 aliphatic rings. The van der Waals surface area contributed by atoms with Crippen molar-refractivity contribution in [1.82, 2.24) is 15.0 Å². The molecule has 2 N–H and O–H groups in total. The lowest BCUT2D eigenvalue weighted by atomic mass is 10.3. The van der Waals surface area contributed by atoms with E-state index >= 15 is 0 Å². The van der Waals surface area contributed by atoms with Gasteiger partial charge in [-0.15, -0.1) is 5.10 Å². The summed E-state index contributed by atoms with van der Waals surface area (Å²) in [5.41, 5.74) is 6.10. The number of nitrogens with zero attached hydrogens (tertiary/aromatic N) is 3. The Hall–Kier alpha value is -1.43. The van der Waals surface area contributed by atoms with Gasteiger partial charge in [-0.05, 0) is 34.1 Å². The minimum absolute atomic E-state index is 0.311. The van der Waals surface area contributed by atoms with E-state index in [2.05, 4.69) is 26.2 Å². The van der Waals surface area contributed by atoms with E-state index in [1.54, 1.807) is 12.3 Å². The van der Waals surface area contributed by atoms with Crippen molar-refractivity contribution >= 4 is 21.7 Å². The molecule has 0 unspecified atom stereocenters. The zero-order valence-electron chi connectivity index (χ0n) is 6.98. The highest BCUT2D eigenvalue weighted by atomic mass is 79.9. The molecular weight excluding hydrogens is 251 g/mol. The third-order valence-corrected chi connectivity index (χ3v) is 2.30. The first-order valence-corrected chi connectivity index (χ1v) is 4.59. The summed E-state index contributed by atoms with van der Waals surface area (Å²) in [6.07, 6.45) is 1.55. The molecule has 0 spiro atoms. The van der Waals surface area contributed by atoms with Gasteiger partial charge in [-0.25, -0.2) is 9.07 Å². The van der Waals surface area contributed by atoms with Crippen LogP contribution >= 0.6 is 15.9 Å². The first-order valence-electron chi connectivity index (χ1n) is 3.80. The van der Waals surface area contributed by atoms with E-state index in [0.717, 1.165) is 0 Å². The van der Waals surface area contributed by atoms with Crippen LogP contribution in [0.25, 0.3) is 5.69 Å². The summed E-state index contributed by atoms with van der Waals surface area (Å²) in [5.74, 6) is 0.00920. The summed E-state index contributed by atoms with van der Waals surface area (Å²) < 4.78 is 14.8. The van der Waals surface area contributed by atoms with Gasteiger partial charge >= 0.3 is 0 Å². The van der Waals surface area contributed by atoms with Crippen molar-refractivity contribution in [3.63, 3.8) is 0 Å². The first-order chi connectivity index (χ1) is 6.66. The van der Waals surface area contributed by atoms with Gasteiger partial charge < -0.3 is 5.73 Å². The first kappa shape index (κ1) is 9.14. The van der Waals surface area contributed by atoms with Gasteiger partial charge in [-0.1, -0.05) is 5.21 Å². The van der Waals surface area contributed by atoms with Crippen LogP contribution < -0.4 is 5.73 Å².